The first kappa shape index (κ1) is 23.6. The van der Waals surface area contributed by atoms with Gasteiger partial charge in [-0.1, -0.05) is 59.2 Å². The van der Waals surface area contributed by atoms with Gasteiger partial charge in [0.2, 0.25) is 0 Å². The molecule has 2 aromatic heterocycles. The van der Waals surface area contributed by atoms with Crippen molar-refractivity contribution >= 4 is 17.5 Å². The fourth-order valence-corrected chi connectivity index (χ4v) is 3.90. The van der Waals surface area contributed by atoms with Gasteiger partial charge >= 0.3 is 6.18 Å². The third-order valence-electron chi connectivity index (χ3n) is 5.35. The lowest BCUT2D eigenvalue weighted by Crippen LogP contribution is -2.30. The highest BCUT2D eigenvalue weighted by molar-refractivity contribution is 6.30. The molecule has 0 aliphatic carbocycles. The van der Waals surface area contributed by atoms with Gasteiger partial charge in [-0.15, -0.1) is 0 Å². The third kappa shape index (κ3) is 5.02. The van der Waals surface area contributed by atoms with Crippen molar-refractivity contribution in [3.05, 3.63) is 100 Å². The second-order valence-electron chi connectivity index (χ2n) is 7.96. The number of rotatable bonds is 6. The van der Waals surface area contributed by atoms with E-state index in [4.69, 9.17) is 16.1 Å². The fourth-order valence-electron chi connectivity index (χ4n) is 3.77. The lowest BCUT2D eigenvalue weighted by Gasteiger charge is -2.20. The van der Waals surface area contributed by atoms with Crippen molar-refractivity contribution in [1.29, 1.82) is 0 Å². The maximum Gasteiger partial charge on any atom is 0.431 e. The zero-order chi connectivity index (χ0) is 24.5. The van der Waals surface area contributed by atoms with Crippen LogP contribution in [-0.2, 0) is 19.3 Å². The number of carbonyl (C=O) groups excluding carboxylic acids is 1. The molecule has 0 bridgehead atoms. The monoisotopic (exact) mass is 487 g/mol. The Hall–Kier alpha value is -3.52. The molecule has 2 heterocycles. The summed E-state index contributed by atoms with van der Waals surface area (Å²) in [5.41, 5.74) is 0.920. The summed E-state index contributed by atoms with van der Waals surface area (Å²) in [6.07, 6.45) is -4.67. The van der Waals surface area contributed by atoms with E-state index in [-0.39, 0.29) is 24.3 Å². The highest BCUT2D eigenvalue weighted by Crippen LogP contribution is 2.38. The molecule has 0 unspecified atom stereocenters. The van der Waals surface area contributed by atoms with E-state index in [1.807, 2.05) is 0 Å². The molecule has 4 rings (SSSR count). The zero-order valence-corrected chi connectivity index (χ0v) is 19.2. The van der Waals surface area contributed by atoms with Gasteiger partial charge < -0.3 is 14.0 Å². The summed E-state index contributed by atoms with van der Waals surface area (Å²) in [5.74, 6) is -0.149. The number of nitrogens with zero attached hydrogens (tertiary/aromatic N) is 3. The summed E-state index contributed by atoms with van der Waals surface area (Å²) in [7, 11) is 1.51. The predicted molar refractivity (Wildman–Crippen MR) is 122 cm³/mol. The Bertz CT molecular complexity index is 1300. The summed E-state index contributed by atoms with van der Waals surface area (Å²) >= 11 is 5.98. The van der Waals surface area contributed by atoms with Crippen LogP contribution < -0.4 is 0 Å². The third-order valence-corrected chi connectivity index (χ3v) is 5.60. The second-order valence-corrected chi connectivity index (χ2v) is 8.40. The van der Waals surface area contributed by atoms with Crippen LogP contribution >= 0.6 is 11.6 Å². The topological polar surface area (TPSA) is 51.3 Å². The number of amides is 1. The molecule has 5 nitrogen and oxygen atoms in total. The number of hydrogen-bond acceptors (Lipinski definition) is 3. The number of hydrogen-bond donors (Lipinski definition) is 0. The minimum absolute atomic E-state index is 0.0532. The van der Waals surface area contributed by atoms with E-state index in [2.05, 4.69) is 5.16 Å². The Kier molecular flexibility index (Phi) is 6.52. The van der Waals surface area contributed by atoms with Crippen molar-refractivity contribution in [2.45, 2.75) is 26.2 Å². The van der Waals surface area contributed by atoms with Crippen LogP contribution in [0.4, 0.5) is 13.2 Å². The van der Waals surface area contributed by atoms with Crippen LogP contribution in [-0.4, -0.2) is 27.6 Å². The minimum atomic E-state index is -4.67. The Morgan fingerprint density at radius 3 is 2.35 bits per heavy atom. The van der Waals surface area contributed by atoms with E-state index in [1.54, 1.807) is 67.6 Å². The molecule has 4 aromatic rings. The molecule has 0 atom stereocenters. The molecule has 34 heavy (non-hydrogen) atoms. The molecule has 0 radical (unpaired) electrons. The molecule has 176 valence electrons. The Balaban J connectivity index is 1.87. The summed E-state index contributed by atoms with van der Waals surface area (Å²) in [6.45, 7) is 1.67. The van der Waals surface area contributed by atoms with Gasteiger partial charge in [-0.25, -0.2) is 0 Å². The fraction of sp³-hybridized carbons (Fsp3) is 0.200. The molecular weight excluding hydrogens is 467 g/mol. The molecule has 9 heteroatoms. The van der Waals surface area contributed by atoms with Crippen LogP contribution in [0.15, 0.2) is 71.3 Å². The van der Waals surface area contributed by atoms with Gasteiger partial charge in [-0.05, 0) is 36.2 Å². The van der Waals surface area contributed by atoms with Crippen molar-refractivity contribution in [2.75, 3.05) is 7.05 Å². The first-order valence-electron chi connectivity index (χ1n) is 10.4. The summed E-state index contributed by atoms with van der Waals surface area (Å²) in [4.78, 5) is 14.9. The Morgan fingerprint density at radius 2 is 1.76 bits per heavy atom. The lowest BCUT2D eigenvalue weighted by molar-refractivity contribution is -0.143. The largest absolute Gasteiger partial charge is 0.431 e. The molecule has 0 spiro atoms. The first-order chi connectivity index (χ1) is 16.1. The van der Waals surface area contributed by atoms with E-state index in [1.165, 1.54) is 11.9 Å². The van der Waals surface area contributed by atoms with E-state index in [0.29, 0.717) is 27.6 Å². The van der Waals surface area contributed by atoms with Crippen molar-refractivity contribution in [1.82, 2.24) is 14.6 Å². The second kappa shape index (κ2) is 9.38. The van der Waals surface area contributed by atoms with Crippen molar-refractivity contribution in [3.63, 3.8) is 0 Å². The Morgan fingerprint density at radius 1 is 1.09 bits per heavy atom. The average Bonchev–Trinajstić information content (AvgIpc) is 3.37. The molecule has 2 aromatic carbocycles. The molecular formula is C25H21ClF3N3O2. The van der Waals surface area contributed by atoms with E-state index in [0.717, 1.165) is 10.6 Å². The van der Waals surface area contributed by atoms with Gasteiger partial charge in [0, 0.05) is 30.2 Å². The molecule has 1 amide bonds. The smallest absolute Gasteiger partial charge is 0.359 e. The van der Waals surface area contributed by atoms with E-state index in [9.17, 15) is 18.0 Å². The van der Waals surface area contributed by atoms with Crippen LogP contribution in [0.3, 0.4) is 0 Å². The number of aryl methyl sites for hydroxylation is 1. The number of benzene rings is 2. The maximum absolute atomic E-state index is 14.1. The van der Waals surface area contributed by atoms with Crippen molar-refractivity contribution in [2.24, 2.45) is 0 Å². The van der Waals surface area contributed by atoms with Gasteiger partial charge in [0.15, 0.2) is 5.76 Å². The van der Waals surface area contributed by atoms with Crippen LogP contribution in [0.1, 0.15) is 33.2 Å². The summed E-state index contributed by atoms with van der Waals surface area (Å²) in [6, 6.07) is 17.7. The molecule has 0 saturated carbocycles. The molecule has 0 N–H and O–H groups in total. The van der Waals surface area contributed by atoms with Crippen LogP contribution in [0.5, 0.6) is 0 Å². The molecule has 0 aliphatic rings. The number of aromatic nitrogens is 2. The quantitative estimate of drug-likeness (QED) is 0.314. The van der Waals surface area contributed by atoms with Gasteiger partial charge in [-0.2, -0.15) is 13.2 Å². The highest BCUT2D eigenvalue weighted by atomic mass is 35.5. The van der Waals surface area contributed by atoms with Gasteiger partial charge in [-0.3, -0.25) is 4.79 Å². The average molecular weight is 488 g/mol. The standard InChI is InChI=1S/C25H21ClF3N3O2/c1-16-12-20(34-30-16)15-31(2)24(33)23-21(18-8-10-19(26)11-9-18)13-22(25(27,28)29)32(23)14-17-6-4-3-5-7-17/h3-13H,14-15H2,1-2H3. The Labute approximate surface area is 199 Å². The SMILES string of the molecule is Cc1cc(CN(C)C(=O)c2c(-c3ccc(Cl)cc3)cc(C(F)(F)F)n2Cc2ccccc2)on1. The lowest BCUT2D eigenvalue weighted by atomic mass is 10.0. The van der Waals surface area contributed by atoms with Gasteiger partial charge in [0.1, 0.15) is 11.4 Å². The van der Waals surface area contributed by atoms with E-state index >= 15 is 0 Å². The van der Waals surface area contributed by atoms with E-state index < -0.39 is 17.8 Å². The highest BCUT2D eigenvalue weighted by Gasteiger charge is 2.39. The number of halogens is 4. The molecule has 0 saturated heterocycles. The summed E-state index contributed by atoms with van der Waals surface area (Å²) < 4.78 is 48.7. The maximum atomic E-state index is 14.1. The zero-order valence-electron chi connectivity index (χ0n) is 18.4. The predicted octanol–water partition coefficient (Wildman–Crippen LogP) is 6.44. The number of carbonyl (C=O) groups is 1. The normalized spacial score (nSPS) is 11.6. The van der Waals surface area contributed by atoms with Crippen LogP contribution in [0, 0.1) is 6.92 Å². The molecule has 0 fully saturated rings. The van der Waals surface area contributed by atoms with Gasteiger partial charge in [0.05, 0.1) is 12.2 Å². The summed E-state index contributed by atoms with van der Waals surface area (Å²) in [5, 5.41) is 4.24. The van der Waals surface area contributed by atoms with Gasteiger partial charge in [0.25, 0.3) is 5.91 Å². The van der Waals surface area contributed by atoms with Crippen molar-refractivity contribution in [3.8, 4) is 11.1 Å². The number of alkyl halides is 3. The minimum Gasteiger partial charge on any atom is -0.359 e. The first-order valence-corrected chi connectivity index (χ1v) is 10.8. The van der Waals surface area contributed by atoms with Crippen molar-refractivity contribution < 1.29 is 22.5 Å². The van der Waals surface area contributed by atoms with Crippen LogP contribution in [0.25, 0.3) is 11.1 Å². The van der Waals surface area contributed by atoms with Crippen LogP contribution in [0.2, 0.25) is 5.02 Å². The molecule has 0 aliphatic heterocycles.